The van der Waals surface area contributed by atoms with Crippen molar-refractivity contribution in [2.24, 2.45) is 0 Å². The molecule has 0 N–H and O–H groups in total. The Bertz CT molecular complexity index is 346. The maximum atomic E-state index is 11.2. The third-order valence-corrected chi connectivity index (χ3v) is 1.94. The summed E-state index contributed by atoms with van der Waals surface area (Å²) in [6, 6.07) is 0. The van der Waals surface area contributed by atoms with Gasteiger partial charge in [0.15, 0.2) is 11.0 Å². The predicted octanol–water partition coefficient (Wildman–Crippen LogP) is 1.13. The van der Waals surface area contributed by atoms with Gasteiger partial charge in [-0.25, -0.2) is 9.97 Å². The first-order valence-corrected chi connectivity index (χ1v) is 4.86. The average Bonchev–Trinajstić information content (AvgIpc) is 2.18. The molecule has 0 aliphatic rings. The Labute approximate surface area is 93.0 Å². The highest BCUT2D eigenvalue weighted by Gasteiger charge is 2.12. The number of nitrogens with zero attached hydrogens (tertiary/aromatic N) is 3. The predicted molar refractivity (Wildman–Crippen MR) is 56.9 cm³/mol. The summed E-state index contributed by atoms with van der Waals surface area (Å²) in [5.74, 6) is 0.147. The smallest absolute Gasteiger partial charge is 0.325 e. The van der Waals surface area contributed by atoms with Gasteiger partial charge in [-0.2, -0.15) is 0 Å². The van der Waals surface area contributed by atoms with Crippen LogP contribution in [-0.4, -0.2) is 36.1 Å². The Morgan fingerprint density at radius 3 is 2.80 bits per heavy atom. The molecule has 0 spiro atoms. The van der Waals surface area contributed by atoms with E-state index in [9.17, 15) is 4.79 Å². The van der Waals surface area contributed by atoms with E-state index in [1.807, 2.05) is 0 Å². The van der Waals surface area contributed by atoms with E-state index < -0.39 is 0 Å². The van der Waals surface area contributed by atoms with Crippen LogP contribution in [0.15, 0.2) is 12.4 Å². The van der Waals surface area contributed by atoms with Crippen molar-refractivity contribution in [3.8, 4) is 0 Å². The molecule has 0 bridgehead atoms. The Morgan fingerprint density at radius 2 is 2.20 bits per heavy atom. The lowest BCUT2D eigenvalue weighted by Gasteiger charge is -2.16. The van der Waals surface area contributed by atoms with E-state index in [1.54, 1.807) is 18.9 Å². The van der Waals surface area contributed by atoms with E-state index in [0.717, 1.165) is 0 Å². The minimum atomic E-state index is -0.318. The highest BCUT2D eigenvalue weighted by molar-refractivity contribution is 6.31. The fourth-order valence-corrected chi connectivity index (χ4v) is 1.29. The van der Waals surface area contributed by atoms with Gasteiger partial charge in [-0.15, -0.1) is 0 Å². The molecule has 1 heterocycles. The van der Waals surface area contributed by atoms with Gasteiger partial charge in [0.1, 0.15) is 6.54 Å². The molecule has 0 aliphatic carbocycles. The largest absolute Gasteiger partial charge is 0.465 e. The summed E-state index contributed by atoms with van der Waals surface area (Å²) in [6.45, 7) is 2.22. The first-order chi connectivity index (χ1) is 7.15. The van der Waals surface area contributed by atoms with Crippen molar-refractivity contribution in [3.05, 3.63) is 17.5 Å². The number of carbonyl (C=O) groups excluding carboxylic acids is 1. The number of carbonyl (C=O) groups is 1. The van der Waals surface area contributed by atoms with Gasteiger partial charge < -0.3 is 9.64 Å². The molecule has 0 unspecified atom stereocenters. The Kier molecular flexibility index (Phi) is 4.30. The maximum absolute atomic E-state index is 11.2. The number of hydrogen-bond acceptors (Lipinski definition) is 5. The van der Waals surface area contributed by atoms with Crippen LogP contribution in [0.4, 0.5) is 5.82 Å². The molecule has 0 aliphatic heterocycles. The van der Waals surface area contributed by atoms with Gasteiger partial charge in [0.25, 0.3) is 0 Å². The lowest BCUT2D eigenvalue weighted by atomic mass is 10.5. The zero-order chi connectivity index (χ0) is 11.3. The third-order valence-electron chi connectivity index (χ3n) is 1.67. The summed E-state index contributed by atoms with van der Waals surface area (Å²) in [4.78, 5) is 20.7. The van der Waals surface area contributed by atoms with E-state index in [-0.39, 0.29) is 17.7 Å². The highest BCUT2D eigenvalue weighted by atomic mass is 35.5. The van der Waals surface area contributed by atoms with E-state index >= 15 is 0 Å². The molecule has 1 aromatic heterocycles. The molecule has 1 aromatic rings. The molecule has 82 valence electrons. The van der Waals surface area contributed by atoms with Crippen LogP contribution in [-0.2, 0) is 9.53 Å². The summed E-state index contributed by atoms with van der Waals surface area (Å²) in [7, 11) is 1.70. The molecule has 1 rings (SSSR count). The SMILES string of the molecule is CCOC(=O)CN(C)c1nccnc1Cl. The number of ether oxygens (including phenoxy) is 1. The molecule has 0 saturated carbocycles. The number of aromatic nitrogens is 2. The molecular weight excluding hydrogens is 218 g/mol. The Hall–Kier alpha value is -1.36. The summed E-state index contributed by atoms with van der Waals surface area (Å²) < 4.78 is 4.80. The van der Waals surface area contributed by atoms with E-state index in [2.05, 4.69) is 9.97 Å². The number of hydrogen-bond donors (Lipinski definition) is 0. The number of esters is 1. The minimum absolute atomic E-state index is 0.103. The fourth-order valence-electron chi connectivity index (χ4n) is 1.04. The van der Waals surface area contributed by atoms with E-state index in [1.165, 1.54) is 12.4 Å². The Balaban J connectivity index is 2.65. The topological polar surface area (TPSA) is 55.3 Å². The lowest BCUT2D eigenvalue weighted by molar-refractivity contribution is -0.141. The Morgan fingerprint density at radius 1 is 1.53 bits per heavy atom. The van der Waals surface area contributed by atoms with Crippen molar-refractivity contribution < 1.29 is 9.53 Å². The van der Waals surface area contributed by atoms with Gasteiger partial charge in [0.2, 0.25) is 0 Å². The summed E-state index contributed by atoms with van der Waals surface area (Å²) in [5.41, 5.74) is 0. The van der Waals surface area contributed by atoms with E-state index in [4.69, 9.17) is 16.3 Å². The van der Waals surface area contributed by atoms with Crippen LogP contribution in [0.1, 0.15) is 6.92 Å². The second-order valence-corrected chi connectivity index (χ2v) is 3.19. The van der Waals surface area contributed by atoms with Crippen LogP contribution in [0.25, 0.3) is 0 Å². The van der Waals surface area contributed by atoms with Crippen LogP contribution in [0.2, 0.25) is 5.15 Å². The lowest BCUT2D eigenvalue weighted by Crippen LogP contribution is -2.28. The molecule has 5 nitrogen and oxygen atoms in total. The van der Waals surface area contributed by atoms with Crippen LogP contribution < -0.4 is 4.90 Å². The van der Waals surface area contributed by atoms with Gasteiger partial charge in [0.05, 0.1) is 6.61 Å². The molecule has 0 fully saturated rings. The standard InChI is InChI=1S/C9H12ClN3O2/c1-3-15-7(14)6-13(2)9-8(10)11-4-5-12-9/h4-5H,3,6H2,1-2H3. The highest BCUT2D eigenvalue weighted by Crippen LogP contribution is 2.17. The van der Waals surface area contributed by atoms with Gasteiger partial charge in [-0.05, 0) is 6.92 Å². The fraction of sp³-hybridized carbons (Fsp3) is 0.444. The van der Waals surface area contributed by atoms with Gasteiger partial charge >= 0.3 is 5.97 Å². The van der Waals surface area contributed by atoms with E-state index in [0.29, 0.717) is 12.4 Å². The second-order valence-electron chi connectivity index (χ2n) is 2.83. The van der Waals surface area contributed by atoms with Crippen molar-refractivity contribution in [1.82, 2.24) is 9.97 Å². The monoisotopic (exact) mass is 229 g/mol. The van der Waals surface area contributed by atoms with Crippen LogP contribution in [0.3, 0.4) is 0 Å². The van der Waals surface area contributed by atoms with Gasteiger partial charge in [-0.3, -0.25) is 4.79 Å². The van der Waals surface area contributed by atoms with Gasteiger partial charge in [-0.1, -0.05) is 11.6 Å². The van der Waals surface area contributed by atoms with Crippen molar-refractivity contribution in [2.45, 2.75) is 6.92 Å². The van der Waals surface area contributed by atoms with Crippen LogP contribution >= 0.6 is 11.6 Å². The summed E-state index contributed by atoms with van der Waals surface area (Å²) >= 11 is 5.81. The zero-order valence-electron chi connectivity index (χ0n) is 8.61. The van der Waals surface area contributed by atoms with Gasteiger partial charge in [0, 0.05) is 19.4 Å². The molecule has 6 heteroatoms. The molecule has 15 heavy (non-hydrogen) atoms. The quantitative estimate of drug-likeness (QED) is 0.725. The van der Waals surface area contributed by atoms with Crippen LogP contribution in [0.5, 0.6) is 0 Å². The number of rotatable bonds is 4. The molecular formula is C9H12ClN3O2. The number of anilines is 1. The average molecular weight is 230 g/mol. The number of halogens is 1. The first kappa shape index (κ1) is 11.7. The van der Waals surface area contributed by atoms with Crippen molar-refractivity contribution in [2.75, 3.05) is 25.1 Å². The van der Waals surface area contributed by atoms with Crippen molar-refractivity contribution >= 4 is 23.4 Å². The third kappa shape index (κ3) is 3.36. The van der Waals surface area contributed by atoms with Crippen molar-refractivity contribution in [3.63, 3.8) is 0 Å². The molecule has 0 saturated heterocycles. The molecule has 0 aromatic carbocycles. The first-order valence-electron chi connectivity index (χ1n) is 4.48. The normalized spacial score (nSPS) is 9.80. The molecule has 0 atom stereocenters. The molecule has 0 amide bonds. The van der Waals surface area contributed by atoms with Crippen molar-refractivity contribution in [1.29, 1.82) is 0 Å². The zero-order valence-corrected chi connectivity index (χ0v) is 9.36. The second kappa shape index (κ2) is 5.50. The summed E-state index contributed by atoms with van der Waals surface area (Å²) in [6.07, 6.45) is 3.01. The van der Waals surface area contributed by atoms with Crippen LogP contribution in [0, 0.1) is 0 Å². The molecule has 0 radical (unpaired) electrons. The maximum Gasteiger partial charge on any atom is 0.325 e. The summed E-state index contributed by atoms with van der Waals surface area (Å²) in [5, 5.41) is 0.268. The minimum Gasteiger partial charge on any atom is -0.465 e. The number of likely N-dealkylation sites (N-methyl/N-ethyl adjacent to an activating group) is 1.